The highest BCUT2D eigenvalue weighted by Crippen LogP contribution is 2.41. The van der Waals surface area contributed by atoms with Crippen LogP contribution in [0.15, 0.2) is 94.9 Å². The van der Waals surface area contributed by atoms with Gasteiger partial charge in [-0.05, 0) is 104 Å². The van der Waals surface area contributed by atoms with E-state index in [9.17, 15) is 29.1 Å². The van der Waals surface area contributed by atoms with Crippen molar-refractivity contribution < 1.29 is 33.4 Å². The summed E-state index contributed by atoms with van der Waals surface area (Å²) in [7, 11) is 1.62. The monoisotopic (exact) mass is 1010 g/mol. The molecule has 2 saturated heterocycles. The number of rotatable bonds is 21. The van der Waals surface area contributed by atoms with Crippen molar-refractivity contribution in [3.63, 3.8) is 0 Å². The average Bonchev–Trinajstić information content (AvgIpc) is 4.21. The first-order chi connectivity index (χ1) is 36.0. The number of amides is 3. The van der Waals surface area contributed by atoms with E-state index in [1.807, 2.05) is 30.3 Å². The van der Waals surface area contributed by atoms with E-state index >= 15 is 4.39 Å². The minimum Gasteiger partial charge on any atom is -0.392 e. The van der Waals surface area contributed by atoms with Crippen LogP contribution in [-0.2, 0) is 39.3 Å². The number of aliphatic hydroxyl groups excluding tert-OH is 1. The lowest BCUT2D eigenvalue weighted by Gasteiger charge is -2.36. The number of hydrogen-bond donors (Lipinski definition) is 4. The molecule has 19 heteroatoms. The molecule has 4 N–H and O–H groups in total. The molecule has 3 aromatic heterocycles. The number of aliphatic hydroxyl groups is 1. The van der Waals surface area contributed by atoms with Crippen LogP contribution in [0, 0.1) is 5.82 Å². The molecule has 386 valence electrons. The second-order valence-corrected chi connectivity index (χ2v) is 19.4. The van der Waals surface area contributed by atoms with Crippen LogP contribution >= 0.6 is 0 Å². The summed E-state index contributed by atoms with van der Waals surface area (Å²) in [6.45, 7) is 7.19. The maximum Gasteiger partial charge on any atom is 0.293 e. The highest BCUT2D eigenvalue weighted by Gasteiger charge is 2.40. The van der Waals surface area contributed by atoms with Gasteiger partial charge in [-0.1, -0.05) is 24.3 Å². The Kier molecular flexibility index (Phi) is 15.2. The molecule has 6 aromatic rings. The summed E-state index contributed by atoms with van der Waals surface area (Å²) >= 11 is 0. The van der Waals surface area contributed by atoms with Crippen LogP contribution in [0.1, 0.15) is 77.9 Å². The molecule has 1 saturated carbocycles. The molecule has 3 amide bonds. The highest BCUT2D eigenvalue weighted by atomic mass is 19.1. The lowest BCUT2D eigenvalue weighted by Crippen LogP contribution is -2.52. The van der Waals surface area contributed by atoms with Crippen molar-refractivity contribution in [2.75, 3.05) is 81.2 Å². The van der Waals surface area contributed by atoms with Gasteiger partial charge in [0.1, 0.15) is 17.7 Å². The summed E-state index contributed by atoms with van der Waals surface area (Å²) in [6, 6.07) is 18.9. The van der Waals surface area contributed by atoms with Crippen molar-refractivity contribution in [2.24, 2.45) is 7.05 Å². The Morgan fingerprint density at radius 1 is 0.851 bits per heavy atom. The molecule has 1 atom stereocenters. The number of aromatic nitrogens is 4. The van der Waals surface area contributed by atoms with Crippen LogP contribution in [0.3, 0.4) is 0 Å². The first-order valence-electron chi connectivity index (χ1n) is 25.6. The van der Waals surface area contributed by atoms with Crippen LogP contribution in [-0.4, -0.2) is 123 Å². The standard InChI is InChI=1S/C55H61FN10O8/c1-62-33-45(39-7-6-10-46(42(39)34-67)65-20-17-36-29-37(35-11-12-35)30-43(56)50(36)54(65)71)59-51(55(62)72)60-48-15-13-38(31-58-48)64-23-21-63(22-24-64)19-3-2-4-25-73-27-28-74-26-18-57-44-9-5-8-40-41(44)32-66(53(40)70)47-14-16-49(68)61-52(47)69/h5-10,13,15,17,20,29-31,33,35,47,57,67H,2-4,11-12,14,16,18-19,21-28,32,34H2,1H3,(H,58,59,60)(H,61,68,69). The second-order valence-electron chi connectivity index (χ2n) is 19.4. The number of nitrogens with zero attached hydrogens (tertiary/aromatic N) is 7. The van der Waals surface area contributed by atoms with Gasteiger partial charge in [-0.25, -0.2) is 14.4 Å². The smallest absolute Gasteiger partial charge is 0.293 e. The number of fused-ring (bicyclic) bond motifs is 2. The molecular formula is C55H61FN10O8. The number of imide groups is 1. The SMILES string of the molecule is Cn1cc(-c2cccc(-n3ccc4cc(C5CC5)cc(F)c4c3=O)c2CO)nc(Nc2ccc(N3CCN(CCCCCOCCOCCNc4cccc5c4CN(C4CCC(=O)NC4=O)C5=O)CC3)cn2)c1=O. The lowest BCUT2D eigenvalue weighted by molar-refractivity contribution is -0.136. The number of aryl methyl sites for hydroxylation is 1. The van der Waals surface area contributed by atoms with Crippen LogP contribution in [0.25, 0.3) is 27.7 Å². The molecule has 74 heavy (non-hydrogen) atoms. The van der Waals surface area contributed by atoms with Gasteiger partial charge in [0, 0.05) is 99.7 Å². The maximum atomic E-state index is 15.4. The lowest BCUT2D eigenvalue weighted by atomic mass is 10.0. The van der Waals surface area contributed by atoms with E-state index in [2.05, 4.69) is 35.7 Å². The zero-order valence-electron chi connectivity index (χ0n) is 41.5. The van der Waals surface area contributed by atoms with Gasteiger partial charge in [0.15, 0.2) is 5.82 Å². The van der Waals surface area contributed by atoms with E-state index in [0.717, 1.165) is 87.3 Å². The Balaban J connectivity index is 0.633. The van der Waals surface area contributed by atoms with E-state index in [0.29, 0.717) is 91.1 Å². The van der Waals surface area contributed by atoms with Crippen molar-refractivity contribution in [1.29, 1.82) is 0 Å². The molecule has 0 spiro atoms. The Hall–Kier alpha value is -7.32. The van der Waals surface area contributed by atoms with Gasteiger partial charge < -0.3 is 39.6 Å². The minimum atomic E-state index is -0.648. The zero-order chi connectivity index (χ0) is 51.3. The number of piperidine rings is 1. The number of ether oxygens (including phenoxy) is 2. The third-order valence-corrected chi connectivity index (χ3v) is 14.5. The van der Waals surface area contributed by atoms with Gasteiger partial charge in [0.2, 0.25) is 11.8 Å². The number of unbranched alkanes of at least 4 members (excludes halogenated alkanes) is 2. The topological polar surface area (TPSA) is 205 Å². The Bertz CT molecular complexity index is 3190. The molecule has 1 aliphatic carbocycles. The quantitative estimate of drug-likeness (QED) is 0.0513. The first-order valence-corrected chi connectivity index (χ1v) is 25.6. The van der Waals surface area contributed by atoms with Crippen molar-refractivity contribution in [2.45, 2.75) is 70.1 Å². The molecule has 0 radical (unpaired) electrons. The molecule has 3 aliphatic heterocycles. The van der Waals surface area contributed by atoms with Crippen molar-refractivity contribution in [1.82, 2.24) is 34.2 Å². The van der Waals surface area contributed by atoms with Gasteiger partial charge in [-0.2, -0.15) is 0 Å². The number of anilines is 4. The summed E-state index contributed by atoms with van der Waals surface area (Å²) in [5, 5.41) is 20.0. The molecule has 6 heterocycles. The molecule has 0 bridgehead atoms. The highest BCUT2D eigenvalue weighted by molar-refractivity contribution is 6.06. The largest absolute Gasteiger partial charge is 0.392 e. The minimum absolute atomic E-state index is 0.00738. The summed E-state index contributed by atoms with van der Waals surface area (Å²) in [4.78, 5) is 79.9. The number of benzene rings is 3. The van der Waals surface area contributed by atoms with Crippen LogP contribution < -0.4 is 32.0 Å². The molecule has 3 fully saturated rings. The summed E-state index contributed by atoms with van der Waals surface area (Å²) in [5.74, 6) is -0.661. The fourth-order valence-corrected chi connectivity index (χ4v) is 10.3. The van der Waals surface area contributed by atoms with E-state index in [4.69, 9.17) is 9.47 Å². The average molecular weight is 1010 g/mol. The zero-order valence-corrected chi connectivity index (χ0v) is 41.5. The number of halogens is 1. The maximum absolute atomic E-state index is 15.4. The number of carbonyl (C=O) groups is 3. The summed E-state index contributed by atoms with van der Waals surface area (Å²) in [6.07, 6.45) is 10.7. The summed E-state index contributed by atoms with van der Waals surface area (Å²) in [5.41, 5.74) is 4.92. The van der Waals surface area contributed by atoms with Gasteiger partial charge in [0.25, 0.3) is 17.0 Å². The second kappa shape index (κ2) is 22.4. The van der Waals surface area contributed by atoms with Crippen LogP contribution in [0.4, 0.5) is 27.4 Å². The van der Waals surface area contributed by atoms with E-state index in [-0.39, 0.29) is 35.0 Å². The number of carbonyl (C=O) groups excluding carboxylic acids is 3. The van der Waals surface area contributed by atoms with E-state index < -0.39 is 29.9 Å². The number of pyridine rings is 2. The van der Waals surface area contributed by atoms with E-state index in [1.54, 1.807) is 60.9 Å². The third-order valence-electron chi connectivity index (χ3n) is 14.5. The fourth-order valence-electron chi connectivity index (χ4n) is 10.3. The Labute approximate surface area is 427 Å². The number of piperazine rings is 1. The predicted molar refractivity (Wildman–Crippen MR) is 279 cm³/mol. The van der Waals surface area contributed by atoms with Gasteiger partial charge in [-0.15, -0.1) is 0 Å². The third kappa shape index (κ3) is 11.0. The molecule has 18 nitrogen and oxygen atoms in total. The van der Waals surface area contributed by atoms with Crippen molar-refractivity contribution in [3.8, 4) is 16.9 Å². The number of nitrogens with one attached hydrogen (secondary N) is 3. The van der Waals surface area contributed by atoms with Gasteiger partial charge in [0.05, 0.1) is 55.1 Å². The molecule has 1 unspecified atom stereocenters. The number of hydrogen-bond acceptors (Lipinski definition) is 14. The normalized spacial score (nSPS) is 17.0. The van der Waals surface area contributed by atoms with Crippen molar-refractivity contribution >= 4 is 51.5 Å². The molecule has 4 aliphatic rings. The molecular weight excluding hydrogens is 948 g/mol. The van der Waals surface area contributed by atoms with Crippen molar-refractivity contribution in [3.05, 3.63) is 134 Å². The Morgan fingerprint density at radius 2 is 1.65 bits per heavy atom. The van der Waals surface area contributed by atoms with Crippen LogP contribution in [0.2, 0.25) is 0 Å². The first kappa shape index (κ1) is 50.2. The molecule has 10 rings (SSSR count). The van der Waals surface area contributed by atoms with Gasteiger partial charge >= 0.3 is 0 Å². The predicted octanol–water partition coefficient (Wildman–Crippen LogP) is 5.60. The molecule has 3 aromatic carbocycles. The fraction of sp³-hybridized carbons (Fsp3) is 0.400. The Morgan fingerprint density at radius 3 is 2.42 bits per heavy atom. The van der Waals surface area contributed by atoms with E-state index in [1.165, 1.54) is 15.2 Å². The van der Waals surface area contributed by atoms with Crippen LogP contribution in [0.5, 0.6) is 0 Å². The summed E-state index contributed by atoms with van der Waals surface area (Å²) < 4.78 is 29.8. The van der Waals surface area contributed by atoms with Gasteiger partial charge in [-0.3, -0.25) is 38.8 Å².